The highest BCUT2D eigenvalue weighted by Crippen LogP contribution is 2.34. The molecule has 0 spiro atoms. The molecule has 0 heterocycles. The molecule has 0 nitrogen and oxygen atoms in total. The Morgan fingerprint density at radius 3 is 2.50 bits per heavy atom. The normalized spacial score (nSPS) is 12.4. The fourth-order valence-electron chi connectivity index (χ4n) is 1.74. The monoisotopic (exact) mass is 406 g/mol. The summed E-state index contributed by atoms with van der Waals surface area (Å²) in [5.74, 6) is 0. The van der Waals surface area contributed by atoms with E-state index in [2.05, 4.69) is 44.0 Å². The first-order chi connectivity index (χ1) is 8.56. The van der Waals surface area contributed by atoms with Gasteiger partial charge in [-0.25, -0.2) is 0 Å². The van der Waals surface area contributed by atoms with E-state index in [-0.39, 0.29) is 4.83 Å². The van der Waals surface area contributed by atoms with E-state index in [1.54, 1.807) is 6.07 Å². The van der Waals surface area contributed by atoms with Crippen molar-refractivity contribution in [3.8, 4) is 0 Å². The van der Waals surface area contributed by atoms with Gasteiger partial charge in [0.2, 0.25) is 0 Å². The molecule has 2 rings (SSSR count). The van der Waals surface area contributed by atoms with Crippen LogP contribution in [0, 0.1) is 0 Å². The van der Waals surface area contributed by atoms with Crippen molar-refractivity contribution in [2.45, 2.75) is 11.2 Å². The van der Waals surface area contributed by atoms with Crippen LogP contribution in [0.25, 0.3) is 0 Å². The predicted octanol–water partition coefficient (Wildman–Crippen LogP) is 6.43. The minimum Gasteiger partial charge on any atom is -0.0843 e. The van der Waals surface area contributed by atoms with E-state index in [0.717, 1.165) is 16.5 Å². The van der Waals surface area contributed by atoms with Gasteiger partial charge in [-0.3, -0.25) is 0 Å². The third-order valence-electron chi connectivity index (χ3n) is 2.60. The Kier molecular flexibility index (Phi) is 5.14. The number of hydrogen-bond donors (Lipinski definition) is 0. The highest BCUT2D eigenvalue weighted by molar-refractivity contribution is 9.10. The Labute approximate surface area is 134 Å². The van der Waals surface area contributed by atoms with E-state index in [1.165, 1.54) is 5.56 Å². The average Bonchev–Trinajstić information content (AvgIpc) is 2.28. The molecule has 1 atom stereocenters. The molecule has 0 radical (unpaired) electrons. The van der Waals surface area contributed by atoms with Crippen molar-refractivity contribution in [2.24, 2.45) is 0 Å². The first-order valence-corrected chi connectivity index (χ1v) is 7.86. The Hall–Kier alpha value is -0.0200. The Bertz CT molecular complexity index is 555. The summed E-state index contributed by atoms with van der Waals surface area (Å²) in [7, 11) is 0. The van der Waals surface area contributed by atoms with E-state index in [1.807, 2.05) is 24.3 Å². The lowest BCUT2D eigenvalue weighted by Gasteiger charge is -2.12. The summed E-state index contributed by atoms with van der Waals surface area (Å²) in [6, 6.07) is 13.8. The van der Waals surface area contributed by atoms with Gasteiger partial charge in [-0.2, -0.15) is 0 Å². The van der Waals surface area contributed by atoms with Gasteiger partial charge in [0.15, 0.2) is 0 Å². The van der Waals surface area contributed by atoms with Crippen LogP contribution >= 0.6 is 55.1 Å². The molecule has 0 saturated carbocycles. The second kappa shape index (κ2) is 6.42. The van der Waals surface area contributed by atoms with Gasteiger partial charge in [-0.15, -0.1) is 0 Å². The average molecular weight is 409 g/mol. The largest absolute Gasteiger partial charge is 0.0843 e. The summed E-state index contributed by atoms with van der Waals surface area (Å²) >= 11 is 19.2. The van der Waals surface area contributed by atoms with E-state index < -0.39 is 0 Å². The second-order valence-electron chi connectivity index (χ2n) is 3.97. The molecule has 0 N–H and O–H groups in total. The van der Waals surface area contributed by atoms with Crippen LogP contribution in [0.3, 0.4) is 0 Å². The number of hydrogen-bond acceptors (Lipinski definition) is 0. The molecule has 2 aromatic rings. The van der Waals surface area contributed by atoms with Crippen molar-refractivity contribution < 1.29 is 0 Å². The standard InChI is InChI=1S/C14H10Br2Cl2/c15-10-3-1-2-9(6-10)7-13(16)12-5-4-11(17)8-14(12)18/h1-6,8,13H,7H2. The summed E-state index contributed by atoms with van der Waals surface area (Å²) in [4.78, 5) is 0.177. The van der Waals surface area contributed by atoms with E-state index >= 15 is 0 Å². The Morgan fingerprint density at radius 1 is 1.06 bits per heavy atom. The van der Waals surface area contributed by atoms with Gasteiger partial charge >= 0.3 is 0 Å². The lowest BCUT2D eigenvalue weighted by molar-refractivity contribution is 0.948. The first kappa shape index (κ1) is 14.4. The topological polar surface area (TPSA) is 0 Å². The van der Waals surface area contributed by atoms with Crippen molar-refractivity contribution >= 4 is 55.1 Å². The highest BCUT2D eigenvalue weighted by atomic mass is 79.9. The van der Waals surface area contributed by atoms with Gasteiger partial charge in [0.05, 0.1) is 0 Å². The first-order valence-electron chi connectivity index (χ1n) is 5.40. The molecule has 0 aliphatic rings. The third-order valence-corrected chi connectivity index (χ3v) is 4.48. The smallest absolute Gasteiger partial charge is 0.0464 e. The van der Waals surface area contributed by atoms with Crippen molar-refractivity contribution in [3.05, 3.63) is 68.1 Å². The number of halogens is 4. The molecule has 0 bridgehead atoms. The SMILES string of the molecule is Clc1ccc(C(Br)Cc2cccc(Br)c2)c(Cl)c1. The fourth-order valence-corrected chi connectivity index (χ4v) is 3.63. The minimum absolute atomic E-state index is 0.177. The lowest BCUT2D eigenvalue weighted by Crippen LogP contribution is -1.96. The van der Waals surface area contributed by atoms with Gasteiger partial charge in [0.1, 0.15) is 0 Å². The molecule has 0 aliphatic carbocycles. The zero-order valence-corrected chi connectivity index (χ0v) is 14.0. The molecule has 2 aromatic carbocycles. The maximum atomic E-state index is 6.20. The van der Waals surface area contributed by atoms with E-state index in [9.17, 15) is 0 Å². The second-order valence-corrected chi connectivity index (χ2v) is 6.83. The molecule has 0 saturated heterocycles. The third kappa shape index (κ3) is 3.74. The van der Waals surface area contributed by atoms with Gasteiger partial charge < -0.3 is 0 Å². The molecule has 4 heteroatoms. The molecular formula is C14H10Br2Cl2. The maximum Gasteiger partial charge on any atom is 0.0464 e. The number of alkyl halides is 1. The van der Waals surface area contributed by atoms with Crippen molar-refractivity contribution in [1.82, 2.24) is 0 Å². The van der Waals surface area contributed by atoms with Gasteiger partial charge in [-0.05, 0) is 41.8 Å². The summed E-state index contributed by atoms with van der Waals surface area (Å²) in [6.07, 6.45) is 0.876. The Morgan fingerprint density at radius 2 is 1.83 bits per heavy atom. The van der Waals surface area contributed by atoms with Crippen LogP contribution in [-0.4, -0.2) is 0 Å². The molecule has 0 fully saturated rings. The molecule has 0 aliphatic heterocycles. The van der Waals surface area contributed by atoms with Crippen LogP contribution in [0.5, 0.6) is 0 Å². The predicted molar refractivity (Wildman–Crippen MR) is 86.0 cm³/mol. The van der Waals surface area contributed by atoms with Gasteiger partial charge in [0.25, 0.3) is 0 Å². The highest BCUT2D eigenvalue weighted by Gasteiger charge is 2.12. The fraction of sp³-hybridized carbons (Fsp3) is 0.143. The van der Waals surface area contributed by atoms with Crippen LogP contribution in [0.15, 0.2) is 46.9 Å². The summed E-state index contributed by atoms with van der Waals surface area (Å²) in [6.45, 7) is 0. The van der Waals surface area contributed by atoms with E-state index in [0.29, 0.717) is 10.0 Å². The molecular weight excluding hydrogens is 399 g/mol. The zero-order valence-electron chi connectivity index (χ0n) is 9.34. The maximum absolute atomic E-state index is 6.20. The minimum atomic E-state index is 0.177. The van der Waals surface area contributed by atoms with Crippen LogP contribution in [-0.2, 0) is 6.42 Å². The quantitative estimate of drug-likeness (QED) is 0.513. The van der Waals surface area contributed by atoms with Crippen molar-refractivity contribution in [2.75, 3.05) is 0 Å². The van der Waals surface area contributed by atoms with Gasteiger partial charge in [0, 0.05) is 19.3 Å². The lowest BCUT2D eigenvalue weighted by atomic mass is 10.0. The van der Waals surface area contributed by atoms with Crippen LogP contribution in [0.1, 0.15) is 16.0 Å². The molecule has 0 amide bonds. The van der Waals surface area contributed by atoms with Crippen LogP contribution in [0.2, 0.25) is 10.0 Å². The van der Waals surface area contributed by atoms with Crippen LogP contribution in [0.4, 0.5) is 0 Å². The summed E-state index contributed by atoms with van der Waals surface area (Å²) in [5, 5.41) is 1.35. The molecule has 18 heavy (non-hydrogen) atoms. The zero-order chi connectivity index (χ0) is 13.1. The van der Waals surface area contributed by atoms with Crippen LogP contribution < -0.4 is 0 Å². The van der Waals surface area contributed by atoms with Crippen molar-refractivity contribution in [3.63, 3.8) is 0 Å². The van der Waals surface area contributed by atoms with Gasteiger partial charge in [-0.1, -0.05) is 73.3 Å². The molecule has 94 valence electrons. The molecule has 0 aromatic heterocycles. The summed E-state index contributed by atoms with van der Waals surface area (Å²) in [5.41, 5.74) is 2.30. The number of rotatable bonds is 3. The summed E-state index contributed by atoms with van der Waals surface area (Å²) < 4.78 is 1.09. The van der Waals surface area contributed by atoms with E-state index in [4.69, 9.17) is 23.2 Å². The number of benzene rings is 2. The molecule has 1 unspecified atom stereocenters. The Balaban J connectivity index is 2.19. The van der Waals surface area contributed by atoms with Crippen molar-refractivity contribution in [1.29, 1.82) is 0 Å².